The zero-order valence-corrected chi connectivity index (χ0v) is 13.2. The van der Waals surface area contributed by atoms with Crippen LogP contribution in [0.1, 0.15) is 41.0 Å². The molecule has 2 heterocycles. The molecule has 3 atom stereocenters. The van der Waals surface area contributed by atoms with Gasteiger partial charge >= 0.3 is 11.9 Å². The molecule has 6 nitrogen and oxygen atoms in total. The van der Waals surface area contributed by atoms with E-state index in [1.165, 1.54) is 14.2 Å². The second-order valence-electron chi connectivity index (χ2n) is 6.23. The molecule has 0 aliphatic carbocycles. The van der Waals surface area contributed by atoms with Crippen LogP contribution in [0.15, 0.2) is 4.99 Å². The molecule has 0 amide bonds. The van der Waals surface area contributed by atoms with Gasteiger partial charge in [-0.3, -0.25) is 4.74 Å². The van der Waals surface area contributed by atoms with Crippen LogP contribution < -0.4 is 0 Å². The normalized spacial score (nSPS) is 39.5. The Kier molecular flexibility index (Phi) is 3.19. The third-order valence-electron chi connectivity index (χ3n) is 4.32. The Morgan fingerprint density at radius 1 is 1.35 bits per heavy atom. The quantitative estimate of drug-likeness (QED) is 0.741. The van der Waals surface area contributed by atoms with Crippen LogP contribution in [-0.2, 0) is 23.7 Å². The van der Waals surface area contributed by atoms with E-state index in [0.29, 0.717) is 12.3 Å². The lowest BCUT2D eigenvalue weighted by Gasteiger charge is -2.64. The number of carbonyl (C=O) groups excluding carboxylic acids is 1. The molecule has 0 spiro atoms. The van der Waals surface area contributed by atoms with Crippen molar-refractivity contribution in [2.45, 2.75) is 58.2 Å². The van der Waals surface area contributed by atoms with Gasteiger partial charge < -0.3 is 14.2 Å². The van der Waals surface area contributed by atoms with E-state index in [-0.39, 0.29) is 0 Å². The summed E-state index contributed by atoms with van der Waals surface area (Å²) in [6, 6.07) is 0. The molecule has 2 aliphatic rings. The van der Waals surface area contributed by atoms with E-state index in [1.54, 1.807) is 6.92 Å². The highest BCUT2D eigenvalue weighted by Crippen LogP contribution is 2.65. The summed E-state index contributed by atoms with van der Waals surface area (Å²) in [6.07, 6.45) is 0.532. The molecule has 0 N–H and O–H groups in total. The molecular formula is C14H23NO5. The maximum atomic E-state index is 12.5. The second kappa shape index (κ2) is 4.18. The van der Waals surface area contributed by atoms with Crippen molar-refractivity contribution in [1.82, 2.24) is 0 Å². The summed E-state index contributed by atoms with van der Waals surface area (Å²) in [5.41, 5.74) is -2.71. The summed E-state index contributed by atoms with van der Waals surface area (Å²) in [5.74, 6) is -1.35. The Morgan fingerprint density at radius 2 is 1.95 bits per heavy atom. The number of ether oxygens (including phenoxy) is 4. The molecule has 1 saturated heterocycles. The fourth-order valence-corrected chi connectivity index (χ4v) is 3.51. The molecule has 0 aromatic carbocycles. The van der Waals surface area contributed by atoms with Crippen LogP contribution >= 0.6 is 0 Å². The molecule has 20 heavy (non-hydrogen) atoms. The van der Waals surface area contributed by atoms with Crippen LogP contribution in [0.5, 0.6) is 0 Å². The van der Waals surface area contributed by atoms with Gasteiger partial charge in [0.05, 0.1) is 7.11 Å². The number of carbonyl (C=O) groups is 1. The smallest absolute Gasteiger partial charge is 0.359 e. The Hall–Kier alpha value is -1.14. The molecule has 2 aliphatic heterocycles. The van der Waals surface area contributed by atoms with Gasteiger partial charge in [-0.1, -0.05) is 27.7 Å². The average Bonchev–Trinajstić information content (AvgIpc) is 2.58. The lowest BCUT2D eigenvalue weighted by atomic mass is 9.58. The molecule has 114 valence electrons. The molecular weight excluding hydrogens is 262 g/mol. The van der Waals surface area contributed by atoms with Crippen LogP contribution in [0.4, 0.5) is 0 Å². The molecule has 6 heteroatoms. The predicted molar refractivity (Wildman–Crippen MR) is 72.2 cm³/mol. The van der Waals surface area contributed by atoms with Gasteiger partial charge in [0.2, 0.25) is 5.60 Å². The summed E-state index contributed by atoms with van der Waals surface area (Å²) in [7, 11) is 2.84. The van der Waals surface area contributed by atoms with Crippen LogP contribution in [0.25, 0.3) is 0 Å². The lowest BCUT2D eigenvalue weighted by Crippen LogP contribution is -2.86. The summed E-state index contributed by atoms with van der Waals surface area (Å²) in [6.45, 7) is 9.42. The molecule has 1 fully saturated rings. The Morgan fingerprint density at radius 3 is 2.35 bits per heavy atom. The van der Waals surface area contributed by atoms with E-state index in [1.807, 2.05) is 27.7 Å². The van der Waals surface area contributed by atoms with Gasteiger partial charge in [0.15, 0.2) is 11.4 Å². The minimum Gasteiger partial charge on any atom is -0.467 e. The summed E-state index contributed by atoms with van der Waals surface area (Å²) >= 11 is 0. The van der Waals surface area contributed by atoms with Gasteiger partial charge in [0.1, 0.15) is 0 Å². The first kappa shape index (κ1) is 15.3. The molecule has 0 bridgehead atoms. The number of hydrogen-bond donors (Lipinski definition) is 0. The van der Waals surface area contributed by atoms with E-state index in [9.17, 15) is 4.79 Å². The highest BCUT2D eigenvalue weighted by Gasteiger charge is 2.88. The van der Waals surface area contributed by atoms with E-state index in [0.717, 1.165) is 0 Å². The number of hydrogen-bond acceptors (Lipinski definition) is 6. The van der Waals surface area contributed by atoms with Crippen LogP contribution in [-0.4, -0.2) is 43.2 Å². The number of aliphatic imine (C=N–C) groups is 1. The van der Waals surface area contributed by atoms with Gasteiger partial charge in [-0.05, 0) is 6.42 Å². The van der Waals surface area contributed by atoms with Gasteiger partial charge in [-0.2, -0.15) is 0 Å². The second-order valence-corrected chi connectivity index (χ2v) is 6.23. The van der Waals surface area contributed by atoms with Crippen LogP contribution in [0.2, 0.25) is 0 Å². The maximum Gasteiger partial charge on any atom is 0.359 e. The average molecular weight is 285 g/mol. The number of methoxy groups -OCH3 is 2. The van der Waals surface area contributed by atoms with Crippen molar-refractivity contribution in [3.63, 3.8) is 0 Å². The molecule has 0 unspecified atom stereocenters. The van der Waals surface area contributed by atoms with Crippen molar-refractivity contribution in [2.75, 3.05) is 14.2 Å². The largest absolute Gasteiger partial charge is 0.467 e. The lowest BCUT2D eigenvalue weighted by molar-refractivity contribution is -0.500. The molecule has 0 saturated carbocycles. The van der Waals surface area contributed by atoms with E-state index >= 15 is 0 Å². The third kappa shape index (κ3) is 1.36. The van der Waals surface area contributed by atoms with Crippen molar-refractivity contribution in [3.8, 4) is 0 Å². The highest BCUT2D eigenvalue weighted by atomic mass is 16.9. The standard InChI is InChI=1S/C14H23NO5/c1-8-12-13(10(16)17-6,11(3,4)5)20-14(12,18-7)19-9(2)15-12/h8H2,1-7H3/t12-,13+,14-/m0/s1. The predicted octanol–water partition coefficient (Wildman–Crippen LogP) is 1.87. The van der Waals surface area contributed by atoms with E-state index < -0.39 is 28.5 Å². The fourth-order valence-electron chi connectivity index (χ4n) is 3.51. The monoisotopic (exact) mass is 285 g/mol. The molecule has 2 rings (SSSR count). The Bertz CT molecular complexity index is 469. The fraction of sp³-hybridized carbons (Fsp3) is 0.857. The highest BCUT2D eigenvalue weighted by molar-refractivity contribution is 5.88. The SMILES string of the molecule is CC[C@@]12N=C(C)O[C@]1(OC)O[C@]2(C(=O)OC)C(C)(C)C. The zero-order valence-electron chi connectivity index (χ0n) is 13.2. The van der Waals surface area contributed by atoms with Crippen molar-refractivity contribution in [2.24, 2.45) is 10.4 Å². The molecule has 0 aromatic heterocycles. The number of fused-ring (bicyclic) bond motifs is 1. The van der Waals surface area contributed by atoms with E-state index in [4.69, 9.17) is 18.9 Å². The van der Waals surface area contributed by atoms with Crippen molar-refractivity contribution in [1.29, 1.82) is 0 Å². The van der Waals surface area contributed by atoms with Crippen LogP contribution in [0.3, 0.4) is 0 Å². The van der Waals surface area contributed by atoms with Gasteiger partial charge in [0.25, 0.3) is 0 Å². The van der Waals surface area contributed by atoms with Gasteiger partial charge in [0, 0.05) is 19.4 Å². The molecule has 0 aromatic rings. The van der Waals surface area contributed by atoms with Gasteiger partial charge in [-0.15, -0.1) is 0 Å². The number of nitrogens with zero attached hydrogens (tertiary/aromatic N) is 1. The first-order chi connectivity index (χ1) is 9.16. The minimum absolute atomic E-state index is 0.448. The minimum atomic E-state index is -1.34. The van der Waals surface area contributed by atoms with Crippen molar-refractivity contribution in [3.05, 3.63) is 0 Å². The van der Waals surface area contributed by atoms with Crippen molar-refractivity contribution < 1.29 is 23.7 Å². The van der Waals surface area contributed by atoms with Gasteiger partial charge in [-0.25, -0.2) is 9.79 Å². The summed E-state index contributed by atoms with van der Waals surface area (Å²) in [4.78, 5) is 17.1. The van der Waals surface area contributed by atoms with Crippen LogP contribution in [0, 0.1) is 5.41 Å². The Balaban J connectivity index is 2.65. The maximum absolute atomic E-state index is 12.5. The Labute approximate surface area is 119 Å². The van der Waals surface area contributed by atoms with E-state index in [2.05, 4.69) is 4.99 Å². The topological polar surface area (TPSA) is 66.3 Å². The molecule has 0 radical (unpaired) electrons. The number of esters is 1. The first-order valence-corrected chi connectivity index (χ1v) is 6.75. The summed E-state index contributed by atoms with van der Waals surface area (Å²) in [5, 5.41) is 0. The zero-order chi connectivity index (χ0) is 15.4. The first-order valence-electron chi connectivity index (χ1n) is 6.75. The van der Waals surface area contributed by atoms with Crippen molar-refractivity contribution >= 4 is 11.9 Å². The number of rotatable bonds is 3. The third-order valence-corrected chi connectivity index (χ3v) is 4.32. The summed E-state index contributed by atoms with van der Waals surface area (Å²) < 4.78 is 22.0.